The predicted molar refractivity (Wildman–Crippen MR) is 131 cm³/mol. The van der Waals surface area contributed by atoms with Crippen LogP contribution in [-0.4, -0.2) is 41.8 Å². The zero-order valence-corrected chi connectivity index (χ0v) is 19.8. The van der Waals surface area contributed by atoms with Crippen molar-refractivity contribution in [3.8, 4) is 17.2 Å². The number of aromatic nitrogens is 2. The summed E-state index contributed by atoms with van der Waals surface area (Å²) in [6.07, 6.45) is 1.30. The number of amides is 1. The van der Waals surface area contributed by atoms with Crippen molar-refractivity contribution in [2.75, 3.05) is 36.5 Å². The first-order chi connectivity index (χ1) is 16.7. The molecule has 35 heavy (non-hydrogen) atoms. The van der Waals surface area contributed by atoms with E-state index < -0.39 is 11.6 Å². The standard InChI is InChI=1S/C26H26FN5O3/c1-17-4-5-20(30-25(34)18-6-7-29-22(12-18)26(2,27)16-28)15-21(17)19-13-23(31(3)24(33)14-19)32-8-10-35-11-9-32/h4-7,12-15H,8-11H2,1-3H3,(H,30,34). The van der Waals surface area contributed by atoms with Gasteiger partial charge < -0.3 is 15.0 Å². The largest absolute Gasteiger partial charge is 0.378 e. The second-order valence-corrected chi connectivity index (χ2v) is 8.63. The molecule has 1 aromatic carbocycles. The summed E-state index contributed by atoms with van der Waals surface area (Å²) >= 11 is 0. The van der Waals surface area contributed by atoms with Crippen molar-refractivity contribution in [3.05, 3.63) is 75.8 Å². The van der Waals surface area contributed by atoms with Gasteiger partial charge in [-0.2, -0.15) is 5.26 Å². The molecule has 2 aromatic heterocycles. The number of hydrogen-bond acceptors (Lipinski definition) is 6. The molecule has 1 fully saturated rings. The number of pyridine rings is 2. The Bertz CT molecular complexity index is 1370. The molecule has 1 atom stereocenters. The minimum Gasteiger partial charge on any atom is -0.378 e. The third kappa shape index (κ3) is 5.08. The lowest BCUT2D eigenvalue weighted by Crippen LogP contribution is -2.39. The lowest BCUT2D eigenvalue weighted by atomic mass is 10.00. The number of ether oxygens (including phenoxy) is 1. The zero-order chi connectivity index (χ0) is 25.2. The Kier molecular flexibility index (Phi) is 6.67. The third-order valence-corrected chi connectivity index (χ3v) is 6.09. The summed E-state index contributed by atoms with van der Waals surface area (Å²) in [5.41, 5.74) is 0.637. The van der Waals surface area contributed by atoms with Gasteiger partial charge in [0.05, 0.1) is 18.9 Å². The maximum atomic E-state index is 14.3. The smallest absolute Gasteiger partial charge is 0.255 e. The zero-order valence-electron chi connectivity index (χ0n) is 19.8. The fraction of sp³-hybridized carbons (Fsp3) is 0.308. The molecule has 180 valence electrons. The summed E-state index contributed by atoms with van der Waals surface area (Å²) in [6.45, 7) is 5.63. The van der Waals surface area contributed by atoms with E-state index in [2.05, 4.69) is 15.2 Å². The number of aryl methyl sites for hydroxylation is 1. The van der Waals surface area contributed by atoms with Gasteiger partial charge in [0.2, 0.25) is 5.67 Å². The first kappa shape index (κ1) is 24.1. The minimum absolute atomic E-state index is 0.131. The average Bonchev–Trinajstić information content (AvgIpc) is 2.87. The molecule has 8 nitrogen and oxygen atoms in total. The molecule has 1 aliphatic heterocycles. The van der Waals surface area contributed by atoms with Crippen molar-refractivity contribution in [2.24, 2.45) is 7.05 Å². The molecule has 0 radical (unpaired) electrons. The lowest BCUT2D eigenvalue weighted by Gasteiger charge is -2.30. The monoisotopic (exact) mass is 475 g/mol. The molecule has 1 saturated heterocycles. The Balaban J connectivity index is 1.65. The molecule has 1 N–H and O–H groups in total. The van der Waals surface area contributed by atoms with Crippen LogP contribution in [0.3, 0.4) is 0 Å². The molecule has 0 bridgehead atoms. The predicted octanol–water partition coefficient (Wildman–Crippen LogP) is 3.55. The highest BCUT2D eigenvalue weighted by Gasteiger charge is 2.28. The molecular weight excluding hydrogens is 449 g/mol. The van der Waals surface area contributed by atoms with Crippen LogP contribution in [0.4, 0.5) is 15.9 Å². The summed E-state index contributed by atoms with van der Waals surface area (Å²) in [4.78, 5) is 31.6. The summed E-state index contributed by atoms with van der Waals surface area (Å²) in [6, 6.07) is 13.3. The van der Waals surface area contributed by atoms with Gasteiger partial charge in [-0.05, 0) is 60.9 Å². The van der Waals surface area contributed by atoms with E-state index in [0.29, 0.717) is 32.0 Å². The van der Waals surface area contributed by atoms with Crippen molar-refractivity contribution in [2.45, 2.75) is 19.5 Å². The van der Waals surface area contributed by atoms with E-state index in [9.17, 15) is 14.0 Å². The van der Waals surface area contributed by atoms with Crippen LogP contribution in [0.25, 0.3) is 11.1 Å². The van der Waals surface area contributed by atoms with Crippen molar-refractivity contribution in [3.63, 3.8) is 0 Å². The molecule has 0 aliphatic carbocycles. The molecular formula is C26H26FN5O3. The summed E-state index contributed by atoms with van der Waals surface area (Å²) in [5.74, 6) is 0.343. The molecule has 0 saturated carbocycles. The number of carbonyl (C=O) groups excluding carboxylic acids is 1. The van der Waals surface area contributed by atoms with Crippen LogP contribution < -0.4 is 15.8 Å². The molecule has 1 amide bonds. The van der Waals surface area contributed by atoms with Gasteiger partial charge >= 0.3 is 0 Å². The number of alkyl halides is 1. The summed E-state index contributed by atoms with van der Waals surface area (Å²) < 4.78 is 21.4. The average molecular weight is 476 g/mol. The first-order valence-corrected chi connectivity index (χ1v) is 11.2. The maximum Gasteiger partial charge on any atom is 0.255 e. The molecule has 4 rings (SSSR count). The number of nitriles is 1. The number of nitrogens with zero attached hydrogens (tertiary/aromatic N) is 4. The number of morpholine rings is 1. The van der Waals surface area contributed by atoms with Crippen molar-refractivity contribution >= 4 is 17.4 Å². The Morgan fingerprint density at radius 3 is 2.66 bits per heavy atom. The fourth-order valence-corrected chi connectivity index (χ4v) is 3.97. The summed E-state index contributed by atoms with van der Waals surface area (Å²) in [7, 11) is 1.75. The number of hydrogen-bond donors (Lipinski definition) is 1. The molecule has 3 heterocycles. The highest BCUT2D eigenvalue weighted by Crippen LogP contribution is 2.29. The van der Waals surface area contributed by atoms with Gasteiger partial charge in [0.15, 0.2) is 0 Å². The van der Waals surface area contributed by atoms with Crippen molar-refractivity contribution in [1.82, 2.24) is 9.55 Å². The number of benzene rings is 1. The normalized spacial score (nSPS) is 15.2. The molecule has 9 heteroatoms. The van der Waals surface area contributed by atoms with E-state index in [1.807, 2.05) is 25.1 Å². The molecule has 1 unspecified atom stereocenters. The Morgan fingerprint density at radius 2 is 1.94 bits per heavy atom. The second kappa shape index (κ2) is 9.68. The highest BCUT2D eigenvalue weighted by atomic mass is 19.1. The van der Waals surface area contributed by atoms with Gasteiger partial charge in [-0.3, -0.25) is 19.1 Å². The van der Waals surface area contributed by atoms with Crippen LogP contribution in [-0.2, 0) is 17.5 Å². The highest BCUT2D eigenvalue weighted by molar-refractivity contribution is 6.04. The van der Waals surface area contributed by atoms with Crippen LogP contribution in [0, 0.1) is 18.3 Å². The van der Waals surface area contributed by atoms with Crippen LogP contribution in [0.2, 0.25) is 0 Å². The van der Waals surface area contributed by atoms with Crippen molar-refractivity contribution < 1.29 is 13.9 Å². The van der Waals surface area contributed by atoms with Gasteiger partial charge in [-0.25, -0.2) is 4.39 Å². The number of halogens is 1. The second-order valence-electron chi connectivity index (χ2n) is 8.63. The number of anilines is 2. The number of carbonyl (C=O) groups is 1. The molecule has 0 spiro atoms. The molecule has 1 aliphatic rings. The lowest BCUT2D eigenvalue weighted by molar-refractivity contribution is 0.102. The van der Waals surface area contributed by atoms with E-state index in [1.165, 1.54) is 18.3 Å². The van der Waals surface area contributed by atoms with E-state index in [1.54, 1.807) is 29.8 Å². The third-order valence-electron chi connectivity index (χ3n) is 6.09. The Morgan fingerprint density at radius 1 is 1.20 bits per heavy atom. The van der Waals surface area contributed by atoms with E-state index in [4.69, 9.17) is 10.00 Å². The van der Waals surface area contributed by atoms with Crippen LogP contribution >= 0.6 is 0 Å². The van der Waals surface area contributed by atoms with E-state index in [0.717, 1.165) is 29.4 Å². The SMILES string of the molecule is Cc1ccc(NC(=O)c2ccnc(C(C)(F)C#N)c2)cc1-c1cc(N2CCOCC2)n(C)c(=O)c1. The first-order valence-electron chi connectivity index (χ1n) is 11.2. The summed E-state index contributed by atoms with van der Waals surface area (Å²) in [5, 5.41) is 11.8. The van der Waals surface area contributed by atoms with E-state index >= 15 is 0 Å². The molecule has 3 aromatic rings. The fourth-order valence-electron chi connectivity index (χ4n) is 3.97. The van der Waals surface area contributed by atoms with Gasteiger partial charge in [0.1, 0.15) is 11.9 Å². The van der Waals surface area contributed by atoms with Crippen LogP contribution in [0.1, 0.15) is 28.5 Å². The maximum absolute atomic E-state index is 14.3. The van der Waals surface area contributed by atoms with Gasteiger partial charge in [0, 0.05) is 43.7 Å². The van der Waals surface area contributed by atoms with Gasteiger partial charge in [-0.15, -0.1) is 0 Å². The van der Waals surface area contributed by atoms with Gasteiger partial charge in [-0.1, -0.05) is 6.07 Å². The van der Waals surface area contributed by atoms with Gasteiger partial charge in [0.25, 0.3) is 11.5 Å². The Hall–Kier alpha value is -4.03. The topological polar surface area (TPSA) is 100 Å². The van der Waals surface area contributed by atoms with E-state index in [-0.39, 0.29) is 16.8 Å². The van der Waals surface area contributed by atoms with Crippen LogP contribution in [0.15, 0.2) is 53.5 Å². The minimum atomic E-state index is -2.30. The number of nitrogens with one attached hydrogen (secondary N) is 1. The van der Waals surface area contributed by atoms with Crippen molar-refractivity contribution in [1.29, 1.82) is 5.26 Å². The Labute approximate surface area is 202 Å². The quantitative estimate of drug-likeness (QED) is 0.606. The van der Waals surface area contributed by atoms with Crippen LogP contribution in [0.5, 0.6) is 0 Å². The number of rotatable bonds is 5.